The van der Waals surface area contributed by atoms with E-state index in [9.17, 15) is 9.59 Å². The van der Waals surface area contributed by atoms with E-state index in [0.29, 0.717) is 99.1 Å². The standard InChI is InChI=1S/C62H116O11/c1-5-9-13-17-19-30-40-58(38-28-15-11-7-3)61(63)72-44-34-22-21-32-42-68-55-60(56-70-53-51-67-49-47-65-46-48-66-50-52-69-54-57-36-26-25-27-37-57)71-43-33-23-24-35-45-73-62(64)59(39-29-16-12-8-4)41-31-20-18-14-10-6-2/h26,36-37,58-60H,5-25,27-35,38-56H2,1-4H3. The van der Waals surface area contributed by atoms with Crippen LogP contribution in [0.1, 0.15) is 246 Å². The van der Waals surface area contributed by atoms with Crippen LogP contribution in [0.3, 0.4) is 0 Å². The van der Waals surface area contributed by atoms with Crippen molar-refractivity contribution >= 4 is 11.9 Å². The molecule has 1 aliphatic carbocycles. The molecule has 0 aromatic carbocycles. The van der Waals surface area contributed by atoms with Gasteiger partial charge in [0.2, 0.25) is 0 Å². The summed E-state index contributed by atoms with van der Waals surface area (Å²) in [6, 6.07) is 0. The molecule has 0 aromatic heterocycles. The monoisotopic (exact) mass is 1040 g/mol. The second-order valence-corrected chi connectivity index (χ2v) is 20.7. The normalized spacial score (nSPS) is 13.8. The largest absolute Gasteiger partial charge is 0.465 e. The molecule has 0 heterocycles. The molecule has 3 atom stereocenters. The van der Waals surface area contributed by atoms with Crippen LogP contribution in [-0.2, 0) is 52.2 Å². The zero-order valence-electron chi connectivity index (χ0n) is 48.1. The number of ether oxygens (including phenoxy) is 9. The Morgan fingerprint density at radius 3 is 1.18 bits per heavy atom. The summed E-state index contributed by atoms with van der Waals surface area (Å²) in [4.78, 5) is 26.1. The summed E-state index contributed by atoms with van der Waals surface area (Å²) < 4.78 is 52.8. The summed E-state index contributed by atoms with van der Waals surface area (Å²) in [6.07, 6.45) is 44.8. The van der Waals surface area contributed by atoms with Crippen molar-refractivity contribution in [3.8, 4) is 0 Å². The van der Waals surface area contributed by atoms with Crippen LogP contribution < -0.4 is 0 Å². The van der Waals surface area contributed by atoms with Gasteiger partial charge >= 0.3 is 11.9 Å². The van der Waals surface area contributed by atoms with E-state index in [1.165, 1.54) is 108 Å². The molecule has 0 amide bonds. The summed E-state index contributed by atoms with van der Waals surface area (Å²) in [7, 11) is 0. The smallest absolute Gasteiger partial charge is 0.308 e. The van der Waals surface area contributed by atoms with E-state index in [-0.39, 0.29) is 29.9 Å². The topological polar surface area (TPSA) is 117 Å². The molecule has 11 heteroatoms. The lowest BCUT2D eigenvalue weighted by molar-refractivity contribution is -0.150. The van der Waals surface area contributed by atoms with Gasteiger partial charge < -0.3 is 42.6 Å². The fourth-order valence-electron chi connectivity index (χ4n) is 9.10. The van der Waals surface area contributed by atoms with Crippen molar-refractivity contribution in [1.82, 2.24) is 0 Å². The minimum absolute atomic E-state index is 0.0192. The molecule has 0 bridgehead atoms. The van der Waals surface area contributed by atoms with Crippen LogP contribution in [0.4, 0.5) is 0 Å². The molecule has 0 fully saturated rings. The molecule has 430 valence electrons. The molecular weight excluding hydrogens is 921 g/mol. The minimum Gasteiger partial charge on any atom is -0.465 e. The third-order valence-corrected chi connectivity index (χ3v) is 13.8. The molecule has 11 nitrogen and oxygen atoms in total. The van der Waals surface area contributed by atoms with Crippen LogP contribution in [0.25, 0.3) is 0 Å². The number of unbranched alkanes of at least 4 members (excludes halogenated alkanes) is 22. The zero-order chi connectivity index (χ0) is 52.6. The van der Waals surface area contributed by atoms with Gasteiger partial charge in [-0.3, -0.25) is 9.59 Å². The molecule has 0 radical (unpaired) electrons. The highest BCUT2D eigenvalue weighted by Crippen LogP contribution is 2.22. The third-order valence-electron chi connectivity index (χ3n) is 13.8. The van der Waals surface area contributed by atoms with Crippen LogP contribution in [0, 0.1) is 11.8 Å². The van der Waals surface area contributed by atoms with Gasteiger partial charge in [-0.25, -0.2) is 0 Å². The zero-order valence-corrected chi connectivity index (χ0v) is 48.1. The van der Waals surface area contributed by atoms with Gasteiger partial charge in [-0.1, -0.05) is 187 Å². The van der Waals surface area contributed by atoms with E-state index < -0.39 is 0 Å². The molecule has 73 heavy (non-hydrogen) atoms. The maximum absolute atomic E-state index is 13.1. The number of allylic oxidation sites excluding steroid dienone is 2. The second-order valence-electron chi connectivity index (χ2n) is 20.7. The maximum Gasteiger partial charge on any atom is 0.308 e. The van der Waals surface area contributed by atoms with Gasteiger partial charge in [0.15, 0.2) is 0 Å². The predicted octanol–water partition coefficient (Wildman–Crippen LogP) is 15.6. The van der Waals surface area contributed by atoms with Crippen LogP contribution in [0.15, 0.2) is 23.8 Å². The SMILES string of the molecule is CCCCCCCCC(CCCCCC)C(=O)OCCCCCCOCC(COCCOCCOCCOCCOCC1=CCCC=C1)OCCCCCCOC(=O)C(CCCCCC)CCCCCCCC. The first-order valence-electron chi connectivity index (χ1n) is 30.8. The summed E-state index contributed by atoms with van der Waals surface area (Å²) in [5.74, 6) is 0.150. The first-order chi connectivity index (χ1) is 36.0. The molecule has 0 spiro atoms. The molecule has 0 aliphatic heterocycles. The van der Waals surface area contributed by atoms with Crippen molar-refractivity contribution in [2.24, 2.45) is 11.8 Å². The van der Waals surface area contributed by atoms with Crippen molar-refractivity contribution < 1.29 is 52.2 Å². The van der Waals surface area contributed by atoms with E-state index in [2.05, 4.69) is 45.9 Å². The lowest BCUT2D eigenvalue weighted by Gasteiger charge is -2.19. The van der Waals surface area contributed by atoms with Crippen molar-refractivity contribution in [3.05, 3.63) is 23.8 Å². The van der Waals surface area contributed by atoms with E-state index >= 15 is 0 Å². The van der Waals surface area contributed by atoms with Crippen molar-refractivity contribution in [2.45, 2.75) is 252 Å². The molecule has 0 N–H and O–H groups in total. The summed E-state index contributed by atoms with van der Waals surface area (Å²) in [5, 5.41) is 0. The Bertz CT molecular complexity index is 1230. The third kappa shape index (κ3) is 47.1. The summed E-state index contributed by atoms with van der Waals surface area (Å²) in [6.45, 7) is 17.0. The molecule has 3 unspecified atom stereocenters. The Morgan fingerprint density at radius 2 is 0.740 bits per heavy atom. The van der Waals surface area contributed by atoms with E-state index in [0.717, 1.165) is 116 Å². The Kier molecular flexibility index (Phi) is 53.4. The van der Waals surface area contributed by atoms with Gasteiger partial charge in [-0.05, 0) is 82.6 Å². The fourth-order valence-corrected chi connectivity index (χ4v) is 9.10. The fraction of sp³-hybridized carbons (Fsp3) is 0.903. The van der Waals surface area contributed by atoms with Gasteiger partial charge in [0, 0.05) is 13.2 Å². The van der Waals surface area contributed by atoms with Gasteiger partial charge in [-0.15, -0.1) is 0 Å². The maximum atomic E-state index is 13.1. The average molecular weight is 1040 g/mol. The number of hydrogen-bond acceptors (Lipinski definition) is 11. The van der Waals surface area contributed by atoms with Crippen molar-refractivity contribution in [1.29, 1.82) is 0 Å². The van der Waals surface area contributed by atoms with E-state index in [1.807, 2.05) is 0 Å². The van der Waals surface area contributed by atoms with Crippen LogP contribution in [0.2, 0.25) is 0 Å². The molecule has 1 rings (SSSR count). The molecule has 1 aliphatic rings. The Labute approximate surface area is 449 Å². The van der Waals surface area contributed by atoms with Gasteiger partial charge in [0.25, 0.3) is 0 Å². The number of esters is 2. The Hall–Kier alpha value is -1.86. The predicted molar refractivity (Wildman–Crippen MR) is 300 cm³/mol. The number of hydrogen-bond donors (Lipinski definition) is 0. The highest BCUT2D eigenvalue weighted by Gasteiger charge is 2.21. The summed E-state index contributed by atoms with van der Waals surface area (Å²) >= 11 is 0. The number of rotatable bonds is 59. The lowest BCUT2D eigenvalue weighted by Crippen LogP contribution is -2.27. The lowest BCUT2D eigenvalue weighted by atomic mass is 9.94. The first-order valence-corrected chi connectivity index (χ1v) is 30.8. The van der Waals surface area contributed by atoms with Gasteiger partial charge in [-0.2, -0.15) is 0 Å². The van der Waals surface area contributed by atoms with E-state index in [4.69, 9.17) is 42.6 Å². The minimum atomic E-state index is -0.164. The highest BCUT2D eigenvalue weighted by molar-refractivity contribution is 5.72. The van der Waals surface area contributed by atoms with Crippen molar-refractivity contribution in [2.75, 3.05) is 99.1 Å². The molecule has 0 aromatic rings. The number of carbonyl (C=O) groups excluding carboxylic acids is 2. The van der Waals surface area contributed by atoms with Crippen LogP contribution >= 0.6 is 0 Å². The quantitative estimate of drug-likeness (QED) is 0.0428. The van der Waals surface area contributed by atoms with E-state index in [1.54, 1.807) is 0 Å². The van der Waals surface area contributed by atoms with Crippen molar-refractivity contribution in [3.63, 3.8) is 0 Å². The molecule has 0 saturated carbocycles. The average Bonchev–Trinajstić information content (AvgIpc) is 3.40. The Balaban J connectivity index is 2.38. The van der Waals surface area contributed by atoms with Gasteiger partial charge in [0.1, 0.15) is 6.10 Å². The van der Waals surface area contributed by atoms with Gasteiger partial charge in [0.05, 0.1) is 97.7 Å². The highest BCUT2D eigenvalue weighted by atomic mass is 16.6. The molecule has 0 saturated heterocycles. The number of carbonyl (C=O) groups is 2. The summed E-state index contributed by atoms with van der Waals surface area (Å²) in [5.41, 5.74) is 1.24. The van der Waals surface area contributed by atoms with Crippen LogP contribution in [0.5, 0.6) is 0 Å². The second kappa shape index (κ2) is 56.3. The van der Waals surface area contributed by atoms with Crippen LogP contribution in [-0.4, -0.2) is 117 Å². The molecular formula is C62H116O11. The first kappa shape index (κ1) is 69.2. The Morgan fingerprint density at radius 1 is 0.384 bits per heavy atom.